The van der Waals surface area contributed by atoms with E-state index in [1.54, 1.807) is 6.07 Å². The molecule has 2 aliphatic heterocycles. The number of hydrogen-bond donors (Lipinski definition) is 8. The Morgan fingerprint density at radius 2 is 1.24 bits per heavy atom. The number of hydrogen-bond acceptors (Lipinski definition) is 17. The van der Waals surface area contributed by atoms with Crippen LogP contribution >= 0.6 is 0 Å². The van der Waals surface area contributed by atoms with Gasteiger partial charge < -0.3 is 64.5 Å². The van der Waals surface area contributed by atoms with Crippen LogP contribution in [0.2, 0.25) is 0 Å². The summed E-state index contributed by atoms with van der Waals surface area (Å²) in [5, 5.41) is 80.5. The number of aliphatic hydroxyl groups excluding tert-OH is 7. The number of rotatable bonds is 15. The SMILES string of the molecule is COc1cc(/C=C/C(=O)CC(=O)/C=C/c2ccc(O[C@H]3O[C@H](CO)[C@@H](OO[C@H]4O[C@H](CO)[C@@H](O)[C@H](O)[C@H]4O)[C@H](O)[C@H]3O)c(OC)c2)ccc1O. The van der Waals surface area contributed by atoms with Crippen LogP contribution in [0.4, 0.5) is 0 Å². The second-order valence-corrected chi connectivity index (χ2v) is 11.3. The molecular formula is C33H40O17. The predicted octanol–water partition coefficient (Wildman–Crippen LogP) is -1.40. The van der Waals surface area contributed by atoms with Gasteiger partial charge in [0.25, 0.3) is 0 Å². The van der Waals surface area contributed by atoms with E-state index in [2.05, 4.69) is 0 Å². The number of ketones is 2. The average molecular weight is 709 g/mol. The van der Waals surface area contributed by atoms with Crippen LogP contribution in [0.25, 0.3) is 12.2 Å². The Bertz CT molecular complexity index is 1510. The summed E-state index contributed by atoms with van der Waals surface area (Å²) in [5.41, 5.74) is 1.07. The van der Waals surface area contributed by atoms with E-state index >= 15 is 0 Å². The number of carbonyl (C=O) groups is 2. The topological polar surface area (TPSA) is 261 Å². The van der Waals surface area contributed by atoms with Crippen LogP contribution in [-0.4, -0.2) is 141 Å². The normalized spacial score (nSPS) is 30.0. The van der Waals surface area contributed by atoms with Crippen molar-refractivity contribution in [3.8, 4) is 23.0 Å². The summed E-state index contributed by atoms with van der Waals surface area (Å²) in [6.07, 6.45) is -11.3. The first-order chi connectivity index (χ1) is 23.9. The van der Waals surface area contributed by atoms with Gasteiger partial charge in [0.05, 0.1) is 33.9 Å². The van der Waals surface area contributed by atoms with Gasteiger partial charge in [-0.05, 0) is 47.5 Å². The summed E-state index contributed by atoms with van der Waals surface area (Å²) in [6.45, 7) is -1.49. The largest absolute Gasteiger partial charge is 0.504 e. The van der Waals surface area contributed by atoms with Crippen LogP contribution < -0.4 is 14.2 Å². The quantitative estimate of drug-likeness (QED) is 0.0458. The fraction of sp³-hybridized carbons (Fsp3) is 0.455. The Hall–Kier alpha value is -3.98. The summed E-state index contributed by atoms with van der Waals surface area (Å²) in [4.78, 5) is 34.8. The lowest BCUT2D eigenvalue weighted by Gasteiger charge is -2.42. The number of phenolic OH excluding ortho intramolecular Hbond substituents is 1. The van der Waals surface area contributed by atoms with Gasteiger partial charge in [0.15, 0.2) is 40.7 Å². The van der Waals surface area contributed by atoms with Crippen LogP contribution in [-0.2, 0) is 28.8 Å². The molecule has 0 amide bonds. The molecule has 50 heavy (non-hydrogen) atoms. The molecule has 0 radical (unpaired) electrons. The van der Waals surface area contributed by atoms with Gasteiger partial charge in [-0.2, -0.15) is 0 Å². The molecule has 4 rings (SSSR count). The molecule has 0 saturated carbocycles. The van der Waals surface area contributed by atoms with Gasteiger partial charge in [0, 0.05) is 0 Å². The summed E-state index contributed by atoms with van der Waals surface area (Å²) in [6, 6.07) is 9.00. The third kappa shape index (κ3) is 9.42. The third-order valence-electron chi connectivity index (χ3n) is 7.84. The van der Waals surface area contributed by atoms with Crippen molar-refractivity contribution in [3.05, 3.63) is 59.7 Å². The number of phenols is 1. The molecular weight excluding hydrogens is 668 g/mol. The average Bonchev–Trinajstić information content (AvgIpc) is 3.11. The van der Waals surface area contributed by atoms with Crippen molar-refractivity contribution in [2.24, 2.45) is 0 Å². The number of methoxy groups -OCH3 is 2. The molecule has 274 valence electrons. The molecule has 2 aromatic rings. The third-order valence-corrected chi connectivity index (χ3v) is 7.84. The minimum Gasteiger partial charge on any atom is -0.504 e. The zero-order valence-electron chi connectivity index (χ0n) is 26.9. The zero-order valence-corrected chi connectivity index (χ0v) is 26.9. The molecule has 0 aromatic heterocycles. The van der Waals surface area contributed by atoms with E-state index < -0.39 is 92.6 Å². The van der Waals surface area contributed by atoms with Crippen LogP contribution in [0.1, 0.15) is 17.5 Å². The maximum Gasteiger partial charge on any atom is 0.229 e. The van der Waals surface area contributed by atoms with Crippen LogP contribution in [0, 0.1) is 0 Å². The van der Waals surface area contributed by atoms with Crippen molar-refractivity contribution in [2.75, 3.05) is 27.4 Å². The maximum atomic E-state index is 12.4. The zero-order chi connectivity index (χ0) is 36.5. The fourth-order valence-corrected chi connectivity index (χ4v) is 5.01. The molecule has 2 saturated heterocycles. The standard InChI is InChI=1S/C33H40O17/c1-44-22-11-16(5-9-20(22)38)3-7-18(36)13-19(37)8-4-17-6-10-21(23(12-17)45-2)46-32-30(43)28(41)31(25(15-35)48-32)49-50-33-29(42)27(40)26(39)24(14-34)47-33/h3-12,24-35,38-43H,13-15H2,1-2H3/b7-3+,8-4+/t24-,25-,26-,27+,28-,29-,30-,31-,32+,33-/m1/s1. The van der Waals surface area contributed by atoms with Crippen molar-refractivity contribution in [1.29, 1.82) is 0 Å². The maximum absolute atomic E-state index is 12.4. The van der Waals surface area contributed by atoms with Gasteiger partial charge in [-0.25, -0.2) is 9.78 Å². The Morgan fingerprint density at radius 1 is 0.680 bits per heavy atom. The number of allylic oxidation sites excluding steroid dienone is 2. The molecule has 8 N–H and O–H groups in total. The van der Waals surface area contributed by atoms with Crippen LogP contribution in [0.15, 0.2) is 48.6 Å². The first kappa shape index (κ1) is 38.8. The number of carbonyl (C=O) groups excluding carboxylic acids is 2. The number of benzene rings is 2. The van der Waals surface area contributed by atoms with E-state index in [1.165, 1.54) is 68.9 Å². The van der Waals surface area contributed by atoms with Gasteiger partial charge in [-0.3, -0.25) is 9.59 Å². The molecule has 0 bridgehead atoms. The van der Waals surface area contributed by atoms with Crippen molar-refractivity contribution >= 4 is 23.7 Å². The van der Waals surface area contributed by atoms with E-state index in [0.717, 1.165) is 0 Å². The lowest BCUT2D eigenvalue weighted by Crippen LogP contribution is -2.62. The number of aromatic hydroxyl groups is 1. The summed E-state index contributed by atoms with van der Waals surface area (Å²) in [7, 11) is 2.73. The van der Waals surface area contributed by atoms with Crippen molar-refractivity contribution < 1.29 is 83.9 Å². The fourth-order valence-electron chi connectivity index (χ4n) is 5.01. The van der Waals surface area contributed by atoms with Gasteiger partial charge in [-0.1, -0.05) is 24.3 Å². The van der Waals surface area contributed by atoms with E-state index in [0.29, 0.717) is 11.1 Å². The highest BCUT2D eigenvalue weighted by Crippen LogP contribution is 2.34. The van der Waals surface area contributed by atoms with Crippen molar-refractivity contribution in [1.82, 2.24) is 0 Å². The minimum atomic E-state index is -1.82. The highest BCUT2D eigenvalue weighted by atomic mass is 17.2. The Kier molecular flexibility index (Phi) is 13.8. The number of ether oxygens (including phenoxy) is 5. The van der Waals surface area contributed by atoms with Crippen molar-refractivity contribution in [2.45, 2.75) is 67.8 Å². The summed E-state index contributed by atoms with van der Waals surface area (Å²) >= 11 is 0. The number of aliphatic hydroxyl groups is 7. The van der Waals surface area contributed by atoms with Crippen molar-refractivity contribution in [3.63, 3.8) is 0 Å². The molecule has 0 unspecified atom stereocenters. The molecule has 17 nitrogen and oxygen atoms in total. The molecule has 17 heteroatoms. The van der Waals surface area contributed by atoms with E-state index in [4.69, 9.17) is 33.5 Å². The van der Waals surface area contributed by atoms with Crippen LogP contribution in [0.5, 0.6) is 23.0 Å². The monoisotopic (exact) mass is 708 g/mol. The summed E-state index contributed by atoms with van der Waals surface area (Å²) < 4.78 is 26.9. The Morgan fingerprint density at radius 3 is 1.84 bits per heavy atom. The second-order valence-electron chi connectivity index (χ2n) is 11.3. The van der Waals surface area contributed by atoms with Gasteiger partial charge in [0.2, 0.25) is 12.6 Å². The molecule has 0 aliphatic carbocycles. The molecule has 2 fully saturated rings. The van der Waals surface area contributed by atoms with Gasteiger partial charge >= 0.3 is 0 Å². The Labute approximate surface area is 285 Å². The lowest BCUT2D eigenvalue weighted by atomic mass is 9.99. The highest BCUT2D eigenvalue weighted by Gasteiger charge is 2.49. The highest BCUT2D eigenvalue weighted by molar-refractivity contribution is 6.10. The smallest absolute Gasteiger partial charge is 0.229 e. The lowest BCUT2D eigenvalue weighted by molar-refractivity contribution is -0.463. The molecule has 10 atom stereocenters. The summed E-state index contributed by atoms with van der Waals surface area (Å²) in [5.74, 6) is -0.551. The first-order valence-corrected chi connectivity index (χ1v) is 15.3. The van der Waals surface area contributed by atoms with Crippen LogP contribution in [0.3, 0.4) is 0 Å². The molecule has 2 aromatic carbocycles. The van der Waals surface area contributed by atoms with E-state index in [-0.39, 0.29) is 23.0 Å². The molecule has 2 heterocycles. The first-order valence-electron chi connectivity index (χ1n) is 15.3. The van der Waals surface area contributed by atoms with E-state index in [9.17, 15) is 50.4 Å². The molecule has 2 aliphatic rings. The Balaban J connectivity index is 1.34. The minimum absolute atomic E-state index is 0.0482. The predicted molar refractivity (Wildman–Crippen MR) is 168 cm³/mol. The second kappa shape index (κ2) is 17.8. The van der Waals surface area contributed by atoms with Gasteiger partial charge in [-0.15, -0.1) is 0 Å². The van der Waals surface area contributed by atoms with Gasteiger partial charge in [0.1, 0.15) is 42.7 Å². The molecule has 0 spiro atoms. The van der Waals surface area contributed by atoms with E-state index in [1.807, 2.05) is 0 Å².